The summed E-state index contributed by atoms with van der Waals surface area (Å²) in [5.74, 6) is 0.0634. The third-order valence-corrected chi connectivity index (χ3v) is 4.64. The van der Waals surface area contributed by atoms with Crippen molar-refractivity contribution in [3.63, 3.8) is 0 Å². The molecule has 0 saturated heterocycles. The molecule has 1 aliphatic carbocycles. The quantitative estimate of drug-likeness (QED) is 0.806. The molecule has 106 valence electrons. The van der Waals surface area contributed by atoms with Crippen molar-refractivity contribution >= 4 is 32.2 Å². The molecule has 19 heavy (non-hydrogen) atoms. The summed E-state index contributed by atoms with van der Waals surface area (Å²) in [5, 5.41) is 5.10. The lowest BCUT2D eigenvalue weighted by molar-refractivity contribution is -0.117. The highest BCUT2D eigenvalue weighted by atomic mass is 32.2. The highest BCUT2D eigenvalue weighted by Gasteiger charge is 2.26. The second-order valence-electron chi connectivity index (χ2n) is 4.87. The lowest BCUT2D eigenvalue weighted by atomic mass is 10.2. The van der Waals surface area contributed by atoms with Crippen LogP contribution in [0, 0.1) is 0 Å². The van der Waals surface area contributed by atoms with Gasteiger partial charge >= 0.3 is 0 Å². The molecule has 8 heteroatoms. The minimum atomic E-state index is -3.10. The van der Waals surface area contributed by atoms with E-state index in [-0.39, 0.29) is 18.1 Å². The number of nitrogens with one attached hydrogen (secondary N) is 1. The Balaban J connectivity index is 1.85. The molecule has 1 saturated carbocycles. The number of hydrogen-bond acceptors (Lipinski definition) is 6. The summed E-state index contributed by atoms with van der Waals surface area (Å²) in [6.07, 6.45) is 3.56. The van der Waals surface area contributed by atoms with Crippen molar-refractivity contribution in [1.29, 1.82) is 0 Å². The summed E-state index contributed by atoms with van der Waals surface area (Å²) in [6, 6.07) is -0.831. The Morgan fingerprint density at radius 1 is 1.63 bits per heavy atom. The molecule has 0 spiro atoms. The monoisotopic (exact) mass is 303 g/mol. The van der Waals surface area contributed by atoms with Crippen LogP contribution in [-0.4, -0.2) is 37.4 Å². The number of nitrogens with zero attached hydrogens (tertiary/aromatic N) is 1. The third kappa shape index (κ3) is 4.55. The Hall–Kier alpha value is -0.990. The minimum Gasteiger partial charge on any atom is -0.320 e. The van der Waals surface area contributed by atoms with E-state index in [1.807, 2.05) is 5.38 Å². The van der Waals surface area contributed by atoms with Crippen molar-refractivity contribution in [1.82, 2.24) is 4.98 Å². The van der Waals surface area contributed by atoms with Gasteiger partial charge in [0.15, 0.2) is 5.13 Å². The fourth-order valence-corrected chi connectivity index (χ4v) is 3.06. The number of carbonyl (C=O) groups is 1. The Labute approximate surface area is 116 Å². The van der Waals surface area contributed by atoms with Gasteiger partial charge in [-0.3, -0.25) is 4.79 Å². The van der Waals surface area contributed by atoms with Gasteiger partial charge in [-0.1, -0.05) is 0 Å². The maximum atomic E-state index is 11.8. The van der Waals surface area contributed by atoms with Crippen LogP contribution in [0.1, 0.15) is 30.9 Å². The SMILES string of the molecule is CS(=O)(=O)CCC(N)C(=O)Nc1nc(C2CC2)cs1. The van der Waals surface area contributed by atoms with E-state index in [2.05, 4.69) is 10.3 Å². The second-order valence-corrected chi connectivity index (χ2v) is 7.98. The summed E-state index contributed by atoms with van der Waals surface area (Å²) >= 11 is 1.37. The Morgan fingerprint density at radius 2 is 2.32 bits per heavy atom. The highest BCUT2D eigenvalue weighted by molar-refractivity contribution is 7.90. The van der Waals surface area contributed by atoms with Crippen molar-refractivity contribution < 1.29 is 13.2 Å². The van der Waals surface area contributed by atoms with Crippen LogP contribution in [0.15, 0.2) is 5.38 Å². The number of nitrogens with two attached hydrogens (primary N) is 1. The second kappa shape index (κ2) is 5.56. The maximum absolute atomic E-state index is 11.8. The van der Waals surface area contributed by atoms with Crippen LogP contribution in [0.4, 0.5) is 5.13 Å². The average molecular weight is 303 g/mol. The van der Waals surface area contributed by atoms with Crippen LogP contribution < -0.4 is 11.1 Å². The van der Waals surface area contributed by atoms with E-state index in [1.54, 1.807) is 0 Å². The first-order valence-corrected chi connectivity index (χ1v) is 8.99. The van der Waals surface area contributed by atoms with Gasteiger partial charge in [-0.2, -0.15) is 0 Å². The number of carbonyl (C=O) groups excluding carboxylic acids is 1. The standard InChI is InChI=1S/C11H17N3O3S2/c1-19(16,17)5-4-8(12)10(15)14-11-13-9(6-18-11)7-2-3-7/h6-8H,2-5,12H2,1H3,(H,13,14,15). The summed E-state index contributed by atoms with van der Waals surface area (Å²) in [7, 11) is -3.10. The molecule has 2 rings (SSSR count). The molecular weight excluding hydrogens is 286 g/mol. The minimum absolute atomic E-state index is 0.0905. The highest BCUT2D eigenvalue weighted by Crippen LogP contribution is 2.40. The number of sulfone groups is 1. The molecule has 1 atom stereocenters. The first kappa shape index (κ1) is 14.4. The maximum Gasteiger partial charge on any atom is 0.243 e. The summed E-state index contributed by atoms with van der Waals surface area (Å²) in [4.78, 5) is 16.1. The number of hydrogen-bond donors (Lipinski definition) is 2. The first-order valence-electron chi connectivity index (χ1n) is 6.05. The zero-order valence-electron chi connectivity index (χ0n) is 10.6. The molecule has 0 aliphatic heterocycles. The Morgan fingerprint density at radius 3 is 2.89 bits per heavy atom. The van der Waals surface area contributed by atoms with Crippen molar-refractivity contribution in [2.75, 3.05) is 17.3 Å². The largest absolute Gasteiger partial charge is 0.320 e. The lowest BCUT2D eigenvalue weighted by Gasteiger charge is -2.09. The molecule has 1 heterocycles. The van der Waals surface area contributed by atoms with Crippen LogP contribution >= 0.6 is 11.3 Å². The van der Waals surface area contributed by atoms with Gasteiger partial charge < -0.3 is 11.1 Å². The molecule has 3 N–H and O–H groups in total. The molecular formula is C11H17N3O3S2. The fourth-order valence-electron chi connectivity index (χ4n) is 1.58. The van der Waals surface area contributed by atoms with Crippen LogP contribution in [0.25, 0.3) is 0 Å². The lowest BCUT2D eigenvalue weighted by Crippen LogP contribution is -2.37. The van der Waals surface area contributed by atoms with E-state index in [9.17, 15) is 13.2 Å². The zero-order valence-corrected chi connectivity index (χ0v) is 12.3. The van der Waals surface area contributed by atoms with Crippen LogP contribution in [0.3, 0.4) is 0 Å². The number of thiazole rings is 1. The van der Waals surface area contributed by atoms with Crippen molar-refractivity contribution in [3.05, 3.63) is 11.1 Å². The van der Waals surface area contributed by atoms with Crippen molar-refractivity contribution in [2.45, 2.75) is 31.2 Å². The molecule has 1 aromatic rings. The van der Waals surface area contributed by atoms with E-state index in [1.165, 1.54) is 11.3 Å². The van der Waals surface area contributed by atoms with E-state index in [0.29, 0.717) is 11.0 Å². The number of rotatable bonds is 6. The molecule has 1 amide bonds. The first-order chi connectivity index (χ1) is 8.85. The van der Waals surface area contributed by atoms with E-state index in [4.69, 9.17) is 5.73 Å². The summed E-state index contributed by atoms with van der Waals surface area (Å²) in [6.45, 7) is 0. The summed E-state index contributed by atoms with van der Waals surface area (Å²) in [5.41, 5.74) is 6.67. The molecule has 0 bridgehead atoms. The molecule has 1 fully saturated rings. The molecule has 6 nitrogen and oxygen atoms in total. The van der Waals surface area contributed by atoms with E-state index >= 15 is 0 Å². The van der Waals surface area contributed by atoms with Gasteiger partial charge in [-0.25, -0.2) is 13.4 Å². The molecule has 0 radical (unpaired) electrons. The van der Waals surface area contributed by atoms with E-state index in [0.717, 1.165) is 24.8 Å². The van der Waals surface area contributed by atoms with E-state index < -0.39 is 15.9 Å². The zero-order chi connectivity index (χ0) is 14.0. The average Bonchev–Trinajstić information content (AvgIpc) is 3.06. The molecule has 1 aliphatic rings. The third-order valence-electron chi connectivity index (χ3n) is 2.88. The summed E-state index contributed by atoms with van der Waals surface area (Å²) < 4.78 is 22.0. The number of anilines is 1. The van der Waals surface area contributed by atoms with Gasteiger partial charge in [-0.15, -0.1) is 11.3 Å². The molecule has 0 aromatic carbocycles. The normalized spacial score (nSPS) is 17.2. The fraction of sp³-hybridized carbons (Fsp3) is 0.636. The van der Waals surface area contributed by atoms with Gasteiger partial charge in [0.1, 0.15) is 9.84 Å². The van der Waals surface area contributed by atoms with Gasteiger partial charge in [-0.05, 0) is 19.3 Å². The van der Waals surface area contributed by atoms with Gasteiger partial charge in [0, 0.05) is 17.6 Å². The van der Waals surface area contributed by atoms with Gasteiger partial charge in [0.2, 0.25) is 5.91 Å². The number of amides is 1. The Bertz CT molecular complexity index is 563. The topological polar surface area (TPSA) is 102 Å². The molecule has 1 aromatic heterocycles. The Kier molecular flexibility index (Phi) is 4.22. The predicted octanol–water partition coefficient (Wildman–Crippen LogP) is 0.721. The van der Waals surface area contributed by atoms with Gasteiger partial charge in [0.25, 0.3) is 0 Å². The molecule has 1 unspecified atom stereocenters. The predicted molar refractivity (Wildman–Crippen MR) is 75.0 cm³/mol. The van der Waals surface area contributed by atoms with Crippen molar-refractivity contribution in [3.8, 4) is 0 Å². The van der Waals surface area contributed by atoms with Gasteiger partial charge in [0.05, 0.1) is 17.5 Å². The number of aromatic nitrogens is 1. The van der Waals surface area contributed by atoms with Crippen LogP contribution in [0.2, 0.25) is 0 Å². The van der Waals surface area contributed by atoms with Crippen LogP contribution in [-0.2, 0) is 14.6 Å². The smallest absolute Gasteiger partial charge is 0.243 e. The van der Waals surface area contributed by atoms with Crippen molar-refractivity contribution in [2.24, 2.45) is 5.73 Å². The van der Waals surface area contributed by atoms with Crippen LogP contribution in [0.5, 0.6) is 0 Å².